The van der Waals surface area contributed by atoms with Crippen molar-refractivity contribution in [2.45, 2.75) is 19.1 Å². The molecule has 1 aromatic carbocycles. The molecule has 0 saturated carbocycles. The molecule has 0 saturated heterocycles. The third kappa shape index (κ3) is 3.77. The molecule has 2 amide bonds. The number of carbonyl (C=O) groups is 3. The third-order valence-corrected chi connectivity index (χ3v) is 4.43. The van der Waals surface area contributed by atoms with Crippen molar-refractivity contribution in [3.05, 3.63) is 41.3 Å². The van der Waals surface area contributed by atoms with E-state index in [1.54, 1.807) is 29.6 Å². The first kappa shape index (κ1) is 17.7. The minimum atomic E-state index is -1.09. The minimum absolute atomic E-state index is 0.0130. The van der Waals surface area contributed by atoms with E-state index in [9.17, 15) is 14.4 Å². The summed E-state index contributed by atoms with van der Waals surface area (Å²) in [5, 5.41) is 4.45. The number of esters is 1. The van der Waals surface area contributed by atoms with Gasteiger partial charge in [-0.05, 0) is 30.5 Å². The second kappa shape index (κ2) is 7.44. The van der Waals surface area contributed by atoms with Crippen LogP contribution in [0.4, 0.5) is 5.00 Å². The number of hydrogen-bond acceptors (Lipinski definition) is 7. The van der Waals surface area contributed by atoms with Gasteiger partial charge in [-0.3, -0.25) is 9.59 Å². The number of amides is 2. The van der Waals surface area contributed by atoms with Crippen molar-refractivity contribution in [3.8, 4) is 11.5 Å². The molecule has 1 aromatic heterocycles. The van der Waals surface area contributed by atoms with Gasteiger partial charge in [0.2, 0.25) is 6.10 Å². The Morgan fingerprint density at radius 2 is 2.00 bits per heavy atom. The maximum atomic E-state index is 12.2. The van der Waals surface area contributed by atoms with Crippen molar-refractivity contribution in [1.29, 1.82) is 0 Å². The number of fused-ring (bicyclic) bond motifs is 1. The van der Waals surface area contributed by atoms with Gasteiger partial charge >= 0.3 is 5.97 Å². The van der Waals surface area contributed by atoms with Crippen LogP contribution < -0.4 is 20.5 Å². The van der Waals surface area contributed by atoms with Gasteiger partial charge in [-0.1, -0.05) is 12.1 Å². The van der Waals surface area contributed by atoms with Gasteiger partial charge in [0, 0.05) is 0 Å². The van der Waals surface area contributed by atoms with Gasteiger partial charge in [-0.2, -0.15) is 0 Å². The summed E-state index contributed by atoms with van der Waals surface area (Å²) in [5.41, 5.74) is 5.43. The zero-order valence-corrected chi connectivity index (χ0v) is 14.6. The Morgan fingerprint density at radius 3 is 2.73 bits per heavy atom. The Morgan fingerprint density at radius 1 is 1.27 bits per heavy atom. The van der Waals surface area contributed by atoms with Crippen LogP contribution in [0.15, 0.2) is 35.7 Å². The highest BCUT2D eigenvalue weighted by atomic mass is 32.1. The van der Waals surface area contributed by atoms with Crippen molar-refractivity contribution in [1.82, 2.24) is 0 Å². The lowest BCUT2D eigenvalue weighted by Gasteiger charge is -2.25. The molecule has 0 unspecified atom stereocenters. The molecule has 2 atom stereocenters. The molecule has 0 fully saturated rings. The SMILES string of the molecule is C[C@@H](OC(=O)[C@@H]1COc2ccccc2O1)C(=O)Nc1sccc1C(N)=O. The van der Waals surface area contributed by atoms with E-state index in [1.807, 2.05) is 0 Å². The van der Waals surface area contributed by atoms with E-state index in [0.29, 0.717) is 16.5 Å². The van der Waals surface area contributed by atoms with Gasteiger partial charge in [0.25, 0.3) is 11.8 Å². The lowest BCUT2D eigenvalue weighted by Crippen LogP contribution is -2.41. The van der Waals surface area contributed by atoms with E-state index in [1.165, 1.54) is 13.0 Å². The second-order valence-corrected chi connectivity index (χ2v) is 6.38. The fourth-order valence-electron chi connectivity index (χ4n) is 2.25. The summed E-state index contributed by atoms with van der Waals surface area (Å²) in [4.78, 5) is 35.7. The molecule has 136 valence electrons. The Balaban J connectivity index is 1.58. The van der Waals surface area contributed by atoms with Crippen LogP contribution in [0.1, 0.15) is 17.3 Å². The molecule has 0 spiro atoms. The number of rotatable bonds is 5. The molecular formula is C17H16N2O6S. The molecule has 3 N–H and O–H groups in total. The van der Waals surface area contributed by atoms with Crippen LogP contribution in [0.25, 0.3) is 0 Å². The molecule has 9 heteroatoms. The maximum absolute atomic E-state index is 12.2. The summed E-state index contributed by atoms with van der Waals surface area (Å²) >= 11 is 1.14. The number of nitrogens with two attached hydrogens (primary N) is 1. The Labute approximate surface area is 152 Å². The largest absolute Gasteiger partial charge is 0.485 e. The molecule has 1 aliphatic rings. The molecule has 0 bridgehead atoms. The predicted molar refractivity (Wildman–Crippen MR) is 93.4 cm³/mol. The number of ether oxygens (including phenoxy) is 3. The fourth-order valence-corrected chi connectivity index (χ4v) is 3.05. The van der Waals surface area contributed by atoms with Gasteiger partial charge < -0.3 is 25.3 Å². The molecule has 26 heavy (non-hydrogen) atoms. The standard InChI is InChI=1S/C17H16N2O6S/c1-9(15(21)19-16-10(14(18)20)6-7-26-16)24-17(22)13-8-23-11-4-2-3-5-12(11)25-13/h2-7,9,13H,8H2,1H3,(H2,18,20)(H,19,21)/t9-,13+/m1/s1. The van der Waals surface area contributed by atoms with E-state index in [4.69, 9.17) is 19.9 Å². The van der Waals surface area contributed by atoms with Crippen molar-refractivity contribution >= 4 is 34.1 Å². The van der Waals surface area contributed by atoms with E-state index >= 15 is 0 Å². The van der Waals surface area contributed by atoms with Gasteiger partial charge in [0.1, 0.15) is 11.6 Å². The molecular weight excluding hydrogens is 360 g/mol. The highest BCUT2D eigenvalue weighted by Crippen LogP contribution is 2.31. The van der Waals surface area contributed by atoms with Gasteiger partial charge in [-0.25, -0.2) is 4.79 Å². The number of benzene rings is 1. The van der Waals surface area contributed by atoms with Crippen LogP contribution in [0.3, 0.4) is 0 Å². The first-order valence-corrected chi connectivity index (χ1v) is 8.61. The number of primary amides is 1. The van der Waals surface area contributed by atoms with Crippen molar-refractivity contribution < 1.29 is 28.6 Å². The second-order valence-electron chi connectivity index (χ2n) is 5.46. The molecule has 0 aliphatic carbocycles. The third-order valence-electron chi connectivity index (χ3n) is 3.60. The lowest BCUT2D eigenvalue weighted by molar-refractivity contribution is -0.162. The summed E-state index contributed by atoms with van der Waals surface area (Å²) in [7, 11) is 0. The highest BCUT2D eigenvalue weighted by molar-refractivity contribution is 7.14. The van der Waals surface area contributed by atoms with Gasteiger partial charge in [0.05, 0.1) is 5.56 Å². The van der Waals surface area contributed by atoms with Crippen molar-refractivity contribution in [2.75, 3.05) is 11.9 Å². The topological polar surface area (TPSA) is 117 Å². The van der Waals surface area contributed by atoms with Crippen LogP contribution in [-0.2, 0) is 14.3 Å². The lowest BCUT2D eigenvalue weighted by atomic mass is 10.2. The average Bonchev–Trinajstić information content (AvgIpc) is 3.09. The molecule has 2 aromatic rings. The monoisotopic (exact) mass is 376 g/mol. The summed E-state index contributed by atoms with van der Waals surface area (Å²) < 4.78 is 16.1. The number of thiophene rings is 1. The van der Waals surface area contributed by atoms with E-state index < -0.39 is 30.0 Å². The van der Waals surface area contributed by atoms with Gasteiger partial charge in [0.15, 0.2) is 17.6 Å². The van der Waals surface area contributed by atoms with E-state index in [0.717, 1.165) is 11.3 Å². The molecule has 1 aliphatic heterocycles. The zero-order chi connectivity index (χ0) is 18.7. The number of para-hydroxylation sites is 2. The number of anilines is 1. The van der Waals surface area contributed by atoms with Crippen LogP contribution in [0.5, 0.6) is 11.5 Å². The molecule has 3 rings (SSSR count). The van der Waals surface area contributed by atoms with Crippen LogP contribution in [-0.4, -0.2) is 36.6 Å². The first-order valence-electron chi connectivity index (χ1n) is 7.73. The van der Waals surface area contributed by atoms with E-state index in [2.05, 4.69) is 5.32 Å². The Hall–Kier alpha value is -3.07. The Kier molecular flexibility index (Phi) is 5.08. The van der Waals surface area contributed by atoms with Crippen LogP contribution in [0, 0.1) is 0 Å². The number of nitrogens with one attached hydrogen (secondary N) is 1. The van der Waals surface area contributed by atoms with Crippen molar-refractivity contribution in [3.63, 3.8) is 0 Å². The number of hydrogen-bond donors (Lipinski definition) is 2. The zero-order valence-electron chi connectivity index (χ0n) is 13.8. The smallest absolute Gasteiger partial charge is 0.351 e. The predicted octanol–water partition coefficient (Wildman–Crippen LogP) is 1.56. The number of carbonyl (C=O) groups excluding carboxylic acids is 3. The highest BCUT2D eigenvalue weighted by Gasteiger charge is 2.31. The first-order chi connectivity index (χ1) is 12.5. The summed E-state index contributed by atoms with van der Waals surface area (Å²) in [6.45, 7) is 1.41. The fraction of sp³-hybridized carbons (Fsp3) is 0.235. The quantitative estimate of drug-likeness (QED) is 0.765. The summed E-state index contributed by atoms with van der Waals surface area (Å²) in [5.74, 6) is -0.983. The molecule has 8 nitrogen and oxygen atoms in total. The normalized spacial score (nSPS) is 16.4. The van der Waals surface area contributed by atoms with Crippen molar-refractivity contribution in [2.24, 2.45) is 5.73 Å². The van der Waals surface area contributed by atoms with Gasteiger partial charge in [-0.15, -0.1) is 11.3 Å². The van der Waals surface area contributed by atoms with Crippen LogP contribution in [0.2, 0.25) is 0 Å². The summed E-state index contributed by atoms with van der Waals surface area (Å²) in [6, 6.07) is 8.45. The Bertz CT molecular complexity index is 849. The molecule has 2 heterocycles. The summed E-state index contributed by atoms with van der Waals surface area (Å²) in [6.07, 6.45) is -2.06. The molecule has 0 radical (unpaired) electrons. The van der Waals surface area contributed by atoms with E-state index in [-0.39, 0.29) is 12.2 Å². The van der Waals surface area contributed by atoms with Crippen LogP contribution >= 0.6 is 11.3 Å². The average molecular weight is 376 g/mol. The maximum Gasteiger partial charge on any atom is 0.351 e. The minimum Gasteiger partial charge on any atom is -0.485 e.